The summed E-state index contributed by atoms with van der Waals surface area (Å²) in [5.74, 6) is 0.590. The molecule has 1 aromatic carbocycles. The number of nitrogens with zero attached hydrogens (tertiary/aromatic N) is 4. The van der Waals surface area contributed by atoms with E-state index in [-0.39, 0.29) is 27.7 Å². The maximum absolute atomic E-state index is 12.5. The van der Waals surface area contributed by atoms with Crippen LogP contribution in [0.15, 0.2) is 53.8 Å². The molecule has 9 nitrogen and oxygen atoms in total. The Morgan fingerprint density at radius 1 is 1.33 bits per heavy atom. The monoisotopic (exact) mass is 407 g/mol. The van der Waals surface area contributed by atoms with E-state index in [1.54, 1.807) is 35.3 Å². The smallest absolute Gasteiger partial charge is 0.258 e. The summed E-state index contributed by atoms with van der Waals surface area (Å²) < 4.78 is 28.9. The zero-order valence-electron chi connectivity index (χ0n) is 14.0. The molecule has 140 valence electrons. The molecule has 0 saturated heterocycles. The van der Waals surface area contributed by atoms with Gasteiger partial charge in [-0.05, 0) is 30.7 Å². The number of pyridine rings is 1. The molecule has 2 aromatic heterocycles. The zero-order chi connectivity index (χ0) is 19.6. The Balaban J connectivity index is 1.78. The van der Waals surface area contributed by atoms with Crippen molar-refractivity contribution in [2.45, 2.75) is 18.4 Å². The first-order chi connectivity index (χ1) is 12.8. The van der Waals surface area contributed by atoms with Crippen LogP contribution in [0.3, 0.4) is 0 Å². The maximum Gasteiger partial charge on any atom is 0.275 e. The summed E-state index contributed by atoms with van der Waals surface area (Å²) in [7, 11) is -3.99. The van der Waals surface area contributed by atoms with Gasteiger partial charge in [-0.2, -0.15) is 5.10 Å². The second-order valence-corrected chi connectivity index (χ2v) is 7.78. The lowest BCUT2D eigenvalue weighted by molar-refractivity contribution is -0.385. The quantitative estimate of drug-likeness (QED) is 0.495. The first-order valence-corrected chi connectivity index (χ1v) is 9.53. The predicted octanol–water partition coefficient (Wildman–Crippen LogP) is 2.62. The van der Waals surface area contributed by atoms with Gasteiger partial charge in [0.2, 0.25) is 10.0 Å². The van der Waals surface area contributed by atoms with Crippen LogP contribution in [0, 0.1) is 17.0 Å². The van der Waals surface area contributed by atoms with Crippen LogP contribution in [0.5, 0.6) is 0 Å². The van der Waals surface area contributed by atoms with Gasteiger partial charge in [-0.25, -0.2) is 22.8 Å². The molecule has 0 atom stereocenters. The summed E-state index contributed by atoms with van der Waals surface area (Å²) in [4.78, 5) is 14.4. The first-order valence-electron chi connectivity index (χ1n) is 7.67. The minimum atomic E-state index is -3.99. The summed E-state index contributed by atoms with van der Waals surface area (Å²) in [5.41, 5.74) is 0.467. The van der Waals surface area contributed by atoms with Crippen molar-refractivity contribution in [1.82, 2.24) is 19.5 Å². The summed E-state index contributed by atoms with van der Waals surface area (Å²) in [6.07, 6.45) is 4.87. The standard InChI is InChI=1S/C16H14ClN5O4S/c1-11-14(17)7-13(8-15(11)22(23)24)27(25,26)20-10-12-3-4-16(18-9-12)21-6-2-5-19-21/h2-9,20H,10H2,1H3. The van der Waals surface area contributed by atoms with Crippen LogP contribution in [0.1, 0.15) is 11.1 Å². The molecule has 3 rings (SSSR count). The van der Waals surface area contributed by atoms with Crippen molar-refractivity contribution in [3.8, 4) is 5.82 Å². The van der Waals surface area contributed by atoms with E-state index in [0.29, 0.717) is 11.4 Å². The van der Waals surface area contributed by atoms with Crippen LogP contribution in [0.4, 0.5) is 5.69 Å². The molecule has 0 saturated carbocycles. The van der Waals surface area contributed by atoms with E-state index in [2.05, 4.69) is 14.8 Å². The lowest BCUT2D eigenvalue weighted by Crippen LogP contribution is -2.23. The molecule has 11 heteroatoms. The van der Waals surface area contributed by atoms with E-state index in [1.165, 1.54) is 19.2 Å². The number of halogens is 1. The Kier molecular flexibility index (Phi) is 5.22. The molecule has 0 spiro atoms. The summed E-state index contributed by atoms with van der Waals surface area (Å²) >= 11 is 5.94. The minimum Gasteiger partial charge on any atom is -0.258 e. The third-order valence-electron chi connectivity index (χ3n) is 3.81. The molecule has 1 N–H and O–H groups in total. The Labute approximate surface area is 159 Å². The van der Waals surface area contributed by atoms with Gasteiger partial charge in [0.1, 0.15) is 0 Å². The van der Waals surface area contributed by atoms with Crippen molar-refractivity contribution in [2.24, 2.45) is 0 Å². The number of nitro groups is 1. The summed E-state index contributed by atoms with van der Waals surface area (Å²) in [6.45, 7) is 1.42. The third-order valence-corrected chi connectivity index (χ3v) is 5.59. The molecule has 3 aromatic rings. The van der Waals surface area contributed by atoms with Gasteiger partial charge < -0.3 is 0 Å². The predicted molar refractivity (Wildman–Crippen MR) is 98.2 cm³/mol. The number of hydrogen-bond acceptors (Lipinski definition) is 6. The van der Waals surface area contributed by atoms with Gasteiger partial charge >= 0.3 is 0 Å². The lowest BCUT2D eigenvalue weighted by Gasteiger charge is -2.09. The van der Waals surface area contributed by atoms with Crippen LogP contribution < -0.4 is 4.72 Å². The molecule has 0 bridgehead atoms. The van der Waals surface area contributed by atoms with Gasteiger partial charge in [0, 0.05) is 36.8 Å². The van der Waals surface area contributed by atoms with E-state index in [1.807, 2.05) is 0 Å². The molecular formula is C16H14ClN5O4S. The molecule has 0 unspecified atom stereocenters. The molecule has 27 heavy (non-hydrogen) atoms. The fourth-order valence-corrected chi connectivity index (χ4v) is 3.65. The number of aromatic nitrogens is 3. The van der Waals surface area contributed by atoms with Gasteiger partial charge in [0.25, 0.3) is 5.69 Å². The largest absolute Gasteiger partial charge is 0.275 e. The van der Waals surface area contributed by atoms with Crippen LogP contribution in [0.25, 0.3) is 5.82 Å². The topological polar surface area (TPSA) is 120 Å². The van der Waals surface area contributed by atoms with E-state index >= 15 is 0 Å². The van der Waals surface area contributed by atoms with Crippen molar-refractivity contribution in [3.63, 3.8) is 0 Å². The van der Waals surface area contributed by atoms with Gasteiger partial charge in [-0.3, -0.25) is 10.1 Å². The van der Waals surface area contributed by atoms with Crippen molar-refractivity contribution >= 4 is 27.3 Å². The second kappa shape index (κ2) is 7.43. The molecule has 0 aliphatic carbocycles. The number of rotatable bonds is 6. The average Bonchev–Trinajstić information content (AvgIpc) is 3.17. The maximum atomic E-state index is 12.5. The van der Waals surface area contributed by atoms with Gasteiger partial charge in [0.15, 0.2) is 5.82 Å². The highest BCUT2D eigenvalue weighted by Crippen LogP contribution is 2.29. The highest BCUT2D eigenvalue weighted by molar-refractivity contribution is 7.89. The molecule has 0 aliphatic heterocycles. The minimum absolute atomic E-state index is 0.00909. The normalized spacial score (nSPS) is 11.5. The van der Waals surface area contributed by atoms with E-state index < -0.39 is 14.9 Å². The van der Waals surface area contributed by atoms with Crippen LogP contribution in [-0.4, -0.2) is 28.1 Å². The van der Waals surface area contributed by atoms with Crippen molar-refractivity contribution in [3.05, 3.63) is 75.2 Å². The Morgan fingerprint density at radius 3 is 2.70 bits per heavy atom. The summed E-state index contributed by atoms with van der Waals surface area (Å²) in [6, 6.07) is 7.34. The fourth-order valence-electron chi connectivity index (χ4n) is 2.31. The van der Waals surface area contributed by atoms with Crippen LogP contribution >= 0.6 is 11.6 Å². The van der Waals surface area contributed by atoms with Gasteiger partial charge in [0.05, 0.1) is 14.8 Å². The number of sulfonamides is 1. The molecule has 0 radical (unpaired) electrons. The SMILES string of the molecule is Cc1c(Cl)cc(S(=O)(=O)NCc2ccc(-n3cccn3)nc2)cc1[N+](=O)[O-]. The Hall–Kier alpha value is -2.82. The lowest BCUT2D eigenvalue weighted by atomic mass is 10.2. The van der Waals surface area contributed by atoms with E-state index in [0.717, 1.165) is 6.07 Å². The molecule has 0 fully saturated rings. The molecular weight excluding hydrogens is 394 g/mol. The van der Waals surface area contributed by atoms with Crippen molar-refractivity contribution in [2.75, 3.05) is 0 Å². The molecule has 0 aliphatic rings. The number of benzene rings is 1. The number of nitrogens with one attached hydrogen (secondary N) is 1. The summed E-state index contributed by atoms with van der Waals surface area (Å²) in [5, 5.41) is 15.1. The average molecular weight is 408 g/mol. The van der Waals surface area contributed by atoms with Crippen LogP contribution in [0.2, 0.25) is 5.02 Å². The zero-order valence-corrected chi connectivity index (χ0v) is 15.6. The first kappa shape index (κ1) is 19.0. The Morgan fingerprint density at radius 2 is 2.11 bits per heavy atom. The highest BCUT2D eigenvalue weighted by Gasteiger charge is 2.22. The molecule has 2 heterocycles. The van der Waals surface area contributed by atoms with Crippen molar-refractivity contribution < 1.29 is 13.3 Å². The second-order valence-electron chi connectivity index (χ2n) is 5.61. The van der Waals surface area contributed by atoms with Gasteiger partial charge in [-0.1, -0.05) is 17.7 Å². The van der Waals surface area contributed by atoms with Crippen molar-refractivity contribution in [1.29, 1.82) is 0 Å². The third kappa shape index (κ3) is 4.13. The van der Waals surface area contributed by atoms with Crippen LogP contribution in [-0.2, 0) is 16.6 Å². The number of hydrogen-bond donors (Lipinski definition) is 1. The number of nitro benzene ring substituents is 1. The highest BCUT2D eigenvalue weighted by atomic mass is 35.5. The van der Waals surface area contributed by atoms with E-state index in [4.69, 9.17) is 11.6 Å². The fraction of sp³-hybridized carbons (Fsp3) is 0.125. The Bertz CT molecular complexity index is 1080. The van der Waals surface area contributed by atoms with Gasteiger partial charge in [-0.15, -0.1) is 0 Å². The van der Waals surface area contributed by atoms with E-state index in [9.17, 15) is 18.5 Å². The molecule has 0 amide bonds.